The molecule has 0 aromatic heterocycles. The molecule has 0 radical (unpaired) electrons. The van der Waals surface area contributed by atoms with Crippen molar-refractivity contribution in [2.75, 3.05) is 0 Å². The summed E-state index contributed by atoms with van der Waals surface area (Å²) >= 11 is 0. The molecule has 0 aromatic carbocycles. The van der Waals surface area contributed by atoms with Crippen LogP contribution in [0.1, 0.15) is 79.1 Å². The lowest BCUT2D eigenvalue weighted by atomic mass is 9.36. The third-order valence-corrected chi connectivity index (χ3v) is 4.17. The highest BCUT2D eigenvalue weighted by Crippen LogP contribution is 2.47. The molecule has 1 fully saturated rings. The van der Waals surface area contributed by atoms with Crippen LogP contribution in [0.25, 0.3) is 0 Å². The van der Waals surface area contributed by atoms with Crippen LogP contribution in [0.3, 0.4) is 0 Å². The molecule has 0 N–H and O–H groups in total. The minimum atomic E-state index is 0.586. The fourth-order valence-corrected chi connectivity index (χ4v) is 3.48. The Morgan fingerprint density at radius 2 is 1.67 bits per heavy atom. The van der Waals surface area contributed by atoms with Crippen molar-refractivity contribution >= 4 is 7.28 Å². The number of unbranched alkanes of at least 4 members (excludes halogenated alkanes) is 1. The van der Waals surface area contributed by atoms with Crippen molar-refractivity contribution in [2.45, 2.75) is 89.7 Å². The van der Waals surface area contributed by atoms with Crippen molar-refractivity contribution < 1.29 is 0 Å². The Labute approximate surface area is 97.5 Å². The van der Waals surface area contributed by atoms with Gasteiger partial charge in [-0.2, -0.15) is 0 Å². The monoisotopic (exact) mass is 208 g/mol. The van der Waals surface area contributed by atoms with Crippen LogP contribution in [0.4, 0.5) is 0 Å². The summed E-state index contributed by atoms with van der Waals surface area (Å²) in [6, 6.07) is 0. The Balaban J connectivity index is 2.58. The van der Waals surface area contributed by atoms with Gasteiger partial charge in [0, 0.05) is 0 Å². The van der Waals surface area contributed by atoms with Gasteiger partial charge in [0.1, 0.15) is 7.28 Å². The maximum Gasteiger partial charge on any atom is 0.134 e. The Bertz CT molecular complexity index is 182. The average molecular weight is 208 g/mol. The second-order valence-electron chi connectivity index (χ2n) is 6.82. The number of hydrogen-bond acceptors (Lipinski definition) is 0. The van der Waals surface area contributed by atoms with Gasteiger partial charge >= 0.3 is 0 Å². The minimum absolute atomic E-state index is 0.586. The van der Waals surface area contributed by atoms with Crippen LogP contribution in [0, 0.1) is 0 Å². The molecule has 1 atom stereocenters. The van der Waals surface area contributed by atoms with Crippen molar-refractivity contribution in [1.29, 1.82) is 0 Å². The lowest BCUT2D eigenvalue weighted by Gasteiger charge is -2.39. The van der Waals surface area contributed by atoms with Gasteiger partial charge in [0.05, 0.1) is 0 Å². The molecule has 0 bridgehead atoms. The van der Waals surface area contributed by atoms with E-state index in [0.29, 0.717) is 10.6 Å². The van der Waals surface area contributed by atoms with E-state index in [1.54, 1.807) is 0 Å². The van der Waals surface area contributed by atoms with E-state index >= 15 is 0 Å². The van der Waals surface area contributed by atoms with Gasteiger partial charge < -0.3 is 0 Å². The van der Waals surface area contributed by atoms with Crippen LogP contribution >= 0.6 is 0 Å². The predicted octanol–water partition coefficient (Wildman–Crippen LogP) is 4.95. The summed E-state index contributed by atoms with van der Waals surface area (Å²) in [4.78, 5) is 0. The van der Waals surface area contributed by atoms with Gasteiger partial charge in [-0.15, -0.1) is 0 Å². The van der Waals surface area contributed by atoms with Crippen LogP contribution < -0.4 is 0 Å². The molecule has 0 saturated carbocycles. The first-order valence-electron chi connectivity index (χ1n) is 6.97. The largest absolute Gasteiger partial charge is 0.134 e. The molecule has 1 aliphatic rings. The van der Waals surface area contributed by atoms with E-state index in [4.69, 9.17) is 0 Å². The Kier molecular flexibility index (Phi) is 4.74. The summed E-state index contributed by atoms with van der Waals surface area (Å²) in [5, 5.41) is 1.23. The van der Waals surface area contributed by atoms with E-state index in [2.05, 4.69) is 27.7 Å². The van der Waals surface area contributed by atoms with Crippen molar-refractivity contribution in [1.82, 2.24) is 0 Å². The van der Waals surface area contributed by atoms with Gasteiger partial charge in [-0.25, -0.2) is 0 Å². The van der Waals surface area contributed by atoms with E-state index < -0.39 is 0 Å². The van der Waals surface area contributed by atoms with E-state index in [1.807, 2.05) is 0 Å². The van der Waals surface area contributed by atoms with E-state index in [0.717, 1.165) is 0 Å². The van der Waals surface area contributed by atoms with Gasteiger partial charge in [0.2, 0.25) is 0 Å². The highest BCUT2D eigenvalue weighted by Gasteiger charge is 2.34. The predicted molar refractivity (Wildman–Crippen MR) is 72.2 cm³/mol. The van der Waals surface area contributed by atoms with Crippen LogP contribution in [-0.4, -0.2) is 7.28 Å². The zero-order chi connectivity index (χ0) is 11.4. The van der Waals surface area contributed by atoms with Crippen LogP contribution in [-0.2, 0) is 0 Å². The first kappa shape index (κ1) is 13.1. The molecule has 15 heavy (non-hydrogen) atoms. The van der Waals surface area contributed by atoms with Crippen LogP contribution in [0.2, 0.25) is 10.6 Å². The molecular formula is C14H29B. The molecule has 0 aromatic rings. The number of rotatable bonds is 3. The van der Waals surface area contributed by atoms with Crippen LogP contribution in [0.15, 0.2) is 0 Å². The topological polar surface area (TPSA) is 0 Å². The third kappa shape index (κ3) is 4.61. The molecule has 1 heterocycles. The minimum Gasteiger partial charge on any atom is -0.0668 e. The fraction of sp³-hybridized carbons (Fsp3) is 1.00. The highest BCUT2D eigenvalue weighted by atomic mass is 14.3. The molecule has 1 unspecified atom stereocenters. The summed E-state index contributed by atoms with van der Waals surface area (Å²) in [7, 11) is 1.44. The zero-order valence-electron chi connectivity index (χ0n) is 11.4. The Morgan fingerprint density at radius 3 is 2.33 bits per heavy atom. The van der Waals surface area contributed by atoms with Crippen molar-refractivity contribution in [3.05, 3.63) is 0 Å². The summed E-state index contributed by atoms with van der Waals surface area (Å²) in [6.07, 6.45) is 11.5. The maximum absolute atomic E-state index is 2.54. The van der Waals surface area contributed by atoms with Crippen molar-refractivity contribution in [3.63, 3.8) is 0 Å². The third-order valence-electron chi connectivity index (χ3n) is 4.17. The van der Waals surface area contributed by atoms with E-state index in [-0.39, 0.29) is 0 Å². The standard InChI is InChI=1S/C14H29B/c1-5-6-11-14(4)12-9-7-8-10-13(2,3)15-14/h15H,5-12H2,1-4H3. The Hall–Kier alpha value is 0.0649. The molecule has 0 spiro atoms. The fourth-order valence-electron chi connectivity index (χ4n) is 3.48. The van der Waals surface area contributed by atoms with E-state index in [1.165, 1.54) is 58.6 Å². The normalized spacial score (nSPS) is 31.5. The van der Waals surface area contributed by atoms with Gasteiger partial charge in [0.15, 0.2) is 0 Å². The molecule has 1 aliphatic heterocycles. The highest BCUT2D eigenvalue weighted by molar-refractivity contribution is 6.43. The summed E-state index contributed by atoms with van der Waals surface area (Å²) in [6.45, 7) is 9.80. The van der Waals surface area contributed by atoms with Gasteiger partial charge in [-0.05, 0) is 0 Å². The number of hydrogen-bond donors (Lipinski definition) is 0. The summed E-state index contributed by atoms with van der Waals surface area (Å²) in [5.74, 6) is 0. The SMILES string of the molecule is CCCCC1(C)BC(C)(C)CCCCC1. The summed E-state index contributed by atoms with van der Waals surface area (Å²) in [5.41, 5.74) is 0. The molecule has 1 saturated heterocycles. The van der Waals surface area contributed by atoms with Gasteiger partial charge in [-0.3, -0.25) is 0 Å². The smallest absolute Gasteiger partial charge is 0.0668 e. The lowest BCUT2D eigenvalue weighted by molar-refractivity contribution is 0.409. The van der Waals surface area contributed by atoms with Crippen molar-refractivity contribution in [2.24, 2.45) is 0 Å². The first-order chi connectivity index (χ1) is 6.97. The van der Waals surface area contributed by atoms with Gasteiger partial charge in [-0.1, -0.05) is 89.7 Å². The molecule has 1 rings (SSSR count). The second kappa shape index (κ2) is 5.41. The second-order valence-corrected chi connectivity index (χ2v) is 6.82. The molecule has 1 heteroatoms. The van der Waals surface area contributed by atoms with Gasteiger partial charge in [0.25, 0.3) is 0 Å². The first-order valence-corrected chi connectivity index (χ1v) is 6.97. The quantitative estimate of drug-likeness (QED) is 0.575. The maximum atomic E-state index is 2.54. The van der Waals surface area contributed by atoms with Crippen molar-refractivity contribution in [3.8, 4) is 0 Å². The molecular weight excluding hydrogens is 179 g/mol. The summed E-state index contributed by atoms with van der Waals surface area (Å²) < 4.78 is 0. The molecule has 88 valence electrons. The Morgan fingerprint density at radius 1 is 1.00 bits per heavy atom. The average Bonchev–Trinajstić information content (AvgIpc) is 2.11. The van der Waals surface area contributed by atoms with Crippen LogP contribution in [0.5, 0.6) is 0 Å². The lowest BCUT2D eigenvalue weighted by Crippen LogP contribution is -2.28. The molecule has 0 aliphatic carbocycles. The molecule has 0 nitrogen and oxygen atoms in total. The zero-order valence-corrected chi connectivity index (χ0v) is 11.4. The van der Waals surface area contributed by atoms with E-state index in [9.17, 15) is 0 Å². The molecule has 0 amide bonds.